The average molecular weight is 549 g/mol. The molecule has 0 aliphatic rings. The Bertz CT molecular complexity index is 1100. The summed E-state index contributed by atoms with van der Waals surface area (Å²) < 4.78 is 53.0. The van der Waals surface area contributed by atoms with Crippen LogP contribution in [0.2, 0.25) is 0 Å². The minimum atomic E-state index is -1.65. The zero-order chi connectivity index (χ0) is 21.7. The number of aliphatic imine (C=N–C) groups is 1. The van der Waals surface area contributed by atoms with E-state index in [2.05, 4.69) is 25.9 Å². The van der Waals surface area contributed by atoms with E-state index in [0.717, 1.165) is 23.1 Å². The lowest BCUT2D eigenvalue weighted by Gasteiger charge is -2.12. The van der Waals surface area contributed by atoms with E-state index >= 15 is 0 Å². The molecule has 0 bridgehead atoms. The monoisotopic (exact) mass is 549 g/mol. The number of benzene rings is 2. The minimum absolute atomic E-state index is 0. The van der Waals surface area contributed by atoms with Crippen molar-refractivity contribution >= 4 is 52.4 Å². The summed E-state index contributed by atoms with van der Waals surface area (Å²) in [6.45, 7) is 0.202. The number of amides is 1. The second kappa shape index (κ2) is 11.0. The number of aromatic nitrogens is 1. The van der Waals surface area contributed by atoms with Crippen molar-refractivity contribution in [2.24, 2.45) is 4.99 Å². The number of guanidine groups is 1. The van der Waals surface area contributed by atoms with Crippen LogP contribution in [0, 0.1) is 23.3 Å². The van der Waals surface area contributed by atoms with Crippen molar-refractivity contribution < 1.29 is 22.4 Å². The van der Waals surface area contributed by atoms with Gasteiger partial charge < -0.3 is 20.9 Å². The third-order valence-electron chi connectivity index (χ3n) is 4.37. The molecule has 0 spiro atoms. The molecule has 4 N–H and O–H groups in total. The third-order valence-corrected chi connectivity index (χ3v) is 4.37. The fourth-order valence-electron chi connectivity index (χ4n) is 2.88. The van der Waals surface area contributed by atoms with Crippen molar-refractivity contribution in [3.8, 4) is 0 Å². The fraction of sp³-hybridized carbons (Fsp3) is 0.200. The van der Waals surface area contributed by atoms with Gasteiger partial charge in [0.25, 0.3) is 0 Å². The van der Waals surface area contributed by atoms with Crippen LogP contribution in [0.1, 0.15) is 5.56 Å². The lowest BCUT2D eigenvalue weighted by molar-refractivity contribution is -0.115. The maximum atomic E-state index is 13.6. The number of aromatic amines is 1. The Hall–Kier alpha value is -2.83. The van der Waals surface area contributed by atoms with Crippen LogP contribution in [0.5, 0.6) is 0 Å². The van der Waals surface area contributed by atoms with E-state index in [1.807, 2.05) is 0 Å². The molecule has 1 aromatic heterocycles. The van der Waals surface area contributed by atoms with Crippen molar-refractivity contribution in [1.29, 1.82) is 0 Å². The Morgan fingerprint density at radius 1 is 1.06 bits per heavy atom. The molecule has 6 nitrogen and oxygen atoms in total. The van der Waals surface area contributed by atoms with Gasteiger partial charge in [-0.15, -0.1) is 24.0 Å². The number of rotatable bonds is 6. The van der Waals surface area contributed by atoms with Crippen LogP contribution < -0.4 is 16.0 Å². The molecular weight excluding hydrogens is 529 g/mol. The summed E-state index contributed by atoms with van der Waals surface area (Å²) >= 11 is 0. The van der Waals surface area contributed by atoms with Crippen molar-refractivity contribution in [3.63, 3.8) is 0 Å². The second-order valence-corrected chi connectivity index (χ2v) is 6.38. The van der Waals surface area contributed by atoms with Crippen LogP contribution in [-0.2, 0) is 11.2 Å². The van der Waals surface area contributed by atoms with Gasteiger partial charge in [0.2, 0.25) is 5.91 Å². The van der Waals surface area contributed by atoms with Crippen molar-refractivity contribution in [2.45, 2.75) is 6.42 Å². The number of H-pyrrole nitrogens is 1. The van der Waals surface area contributed by atoms with Gasteiger partial charge in [-0.25, -0.2) is 17.6 Å². The number of carbonyl (C=O) groups excluding carboxylic acids is 1. The molecule has 166 valence electrons. The number of fused-ring (bicyclic) bond motifs is 1. The molecule has 0 fully saturated rings. The van der Waals surface area contributed by atoms with Crippen molar-refractivity contribution in [2.75, 3.05) is 25.5 Å². The molecule has 11 heteroatoms. The molecular formula is C20H20F4IN5O. The first-order valence-corrected chi connectivity index (χ1v) is 9.02. The molecule has 0 aliphatic carbocycles. The van der Waals surface area contributed by atoms with Crippen LogP contribution in [0.3, 0.4) is 0 Å². The molecule has 0 saturated carbocycles. The van der Waals surface area contributed by atoms with E-state index in [4.69, 9.17) is 0 Å². The minimum Gasteiger partial charge on any atom is -0.361 e. The van der Waals surface area contributed by atoms with Crippen molar-refractivity contribution in [1.82, 2.24) is 15.6 Å². The Balaban J connectivity index is 0.00000341. The Morgan fingerprint density at radius 2 is 1.84 bits per heavy atom. The summed E-state index contributed by atoms with van der Waals surface area (Å²) in [5.41, 5.74) is 1.23. The molecule has 2 aromatic carbocycles. The highest BCUT2D eigenvalue weighted by Crippen LogP contribution is 2.20. The van der Waals surface area contributed by atoms with Gasteiger partial charge in [-0.1, -0.05) is 0 Å². The molecule has 0 radical (unpaired) electrons. The number of hydrogen-bond donors (Lipinski definition) is 4. The van der Waals surface area contributed by atoms with E-state index in [1.165, 1.54) is 19.2 Å². The van der Waals surface area contributed by atoms with E-state index in [9.17, 15) is 22.4 Å². The summed E-state index contributed by atoms with van der Waals surface area (Å²) in [6, 6.07) is 6.17. The molecule has 0 saturated heterocycles. The van der Waals surface area contributed by atoms with E-state index in [0.29, 0.717) is 24.4 Å². The summed E-state index contributed by atoms with van der Waals surface area (Å²) in [6.07, 6.45) is 2.41. The largest absolute Gasteiger partial charge is 0.361 e. The lowest BCUT2D eigenvalue weighted by atomic mass is 10.1. The molecule has 1 amide bonds. The quantitative estimate of drug-likeness (QED) is 0.125. The fourth-order valence-corrected chi connectivity index (χ4v) is 2.88. The molecule has 3 aromatic rings. The van der Waals surface area contributed by atoms with Crippen LogP contribution in [0.25, 0.3) is 10.9 Å². The van der Waals surface area contributed by atoms with Gasteiger partial charge in [0.1, 0.15) is 5.82 Å². The number of nitrogens with zero attached hydrogens (tertiary/aromatic N) is 1. The number of carbonyl (C=O) groups is 1. The SMILES string of the molecule is CN=C(NCCc1c[nH]c2cc(F)ccc12)NCC(=O)Nc1ccc(F)c(F)c1F.I. The van der Waals surface area contributed by atoms with E-state index < -0.39 is 29.0 Å². The predicted octanol–water partition coefficient (Wildman–Crippen LogP) is 3.69. The summed E-state index contributed by atoms with van der Waals surface area (Å²) in [5.74, 6) is -5.13. The molecule has 1 heterocycles. The average Bonchev–Trinajstić information content (AvgIpc) is 3.12. The molecule has 0 unspecified atom stereocenters. The molecule has 0 aliphatic heterocycles. The van der Waals surface area contributed by atoms with E-state index in [1.54, 1.807) is 12.3 Å². The number of nitrogens with one attached hydrogen (secondary N) is 4. The van der Waals surface area contributed by atoms with Gasteiger partial charge in [0, 0.05) is 30.7 Å². The summed E-state index contributed by atoms with van der Waals surface area (Å²) in [5, 5.41) is 8.83. The van der Waals surface area contributed by atoms with Gasteiger partial charge in [-0.2, -0.15) is 0 Å². The standard InChI is InChI=1S/C20H19F4N5O.HI/c1-25-20(26-7-6-11-9-27-16-8-12(21)2-3-13(11)16)28-10-17(30)29-15-5-4-14(22)18(23)19(15)24;/h2-5,8-9,27H,6-7,10H2,1H3,(H,29,30)(H2,25,26,28);1H. The number of halogens is 5. The highest BCUT2D eigenvalue weighted by molar-refractivity contribution is 14.0. The summed E-state index contributed by atoms with van der Waals surface area (Å²) in [4.78, 5) is 18.9. The van der Waals surface area contributed by atoms with Crippen LogP contribution in [-0.4, -0.2) is 37.0 Å². The van der Waals surface area contributed by atoms with Gasteiger partial charge in [-0.05, 0) is 42.3 Å². The van der Waals surface area contributed by atoms with Gasteiger partial charge in [0.05, 0.1) is 12.2 Å². The molecule has 31 heavy (non-hydrogen) atoms. The smallest absolute Gasteiger partial charge is 0.243 e. The number of hydrogen-bond acceptors (Lipinski definition) is 2. The van der Waals surface area contributed by atoms with Crippen LogP contribution in [0.15, 0.2) is 41.5 Å². The third kappa shape index (κ3) is 6.09. The Morgan fingerprint density at radius 3 is 2.58 bits per heavy atom. The normalized spacial score (nSPS) is 11.2. The zero-order valence-corrected chi connectivity index (χ0v) is 18.7. The maximum Gasteiger partial charge on any atom is 0.243 e. The first kappa shape index (κ1) is 24.4. The summed E-state index contributed by atoms with van der Waals surface area (Å²) in [7, 11) is 1.51. The Kier molecular flexibility index (Phi) is 8.65. The highest BCUT2D eigenvalue weighted by atomic mass is 127. The topological polar surface area (TPSA) is 81.3 Å². The zero-order valence-electron chi connectivity index (χ0n) is 16.4. The van der Waals surface area contributed by atoms with Crippen LogP contribution >= 0.6 is 24.0 Å². The van der Waals surface area contributed by atoms with Gasteiger partial charge in [0.15, 0.2) is 23.4 Å². The molecule has 0 atom stereocenters. The number of anilines is 1. The van der Waals surface area contributed by atoms with Crippen LogP contribution in [0.4, 0.5) is 23.2 Å². The van der Waals surface area contributed by atoms with Crippen molar-refractivity contribution in [3.05, 3.63) is 65.4 Å². The first-order valence-electron chi connectivity index (χ1n) is 9.02. The predicted molar refractivity (Wildman–Crippen MR) is 122 cm³/mol. The molecule has 3 rings (SSSR count). The Labute approximate surface area is 192 Å². The first-order chi connectivity index (χ1) is 14.4. The van der Waals surface area contributed by atoms with Gasteiger partial charge in [-0.3, -0.25) is 9.79 Å². The second-order valence-electron chi connectivity index (χ2n) is 6.38. The maximum absolute atomic E-state index is 13.6. The lowest BCUT2D eigenvalue weighted by Crippen LogP contribution is -2.42. The highest BCUT2D eigenvalue weighted by Gasteiger charge is 2.15. The van der Waals surface area contributed by atoms with Gasteiger partial charge >= 0.3 is 0 Å². The van der Waals surface area contributed by atoms with E-state index in [-0.39, 0.29) is 36.3 Å².